The lowest BCUT2D eigenvalue weighted by Gasteiger charge is -2.31. The van der Waals surface area contributed by atoms with Crippen molar-refractivity contribution in [3.8, 4) is 0 Å². The largest absolute Gasteiger partial charge is 0.352 e. The number of nitrogens with one attached hydrogen (secondary N) is 1. The molecule has 138 valence electrons. The van der Waals surface area contributed by atoms with Crippen LogP contribution in [0.5, 0.6) is 0 Å². The van der Waals surface area contributed by atoms with E-state index in [1.54, 1.807) is 0 Å². The first kappa shape index (κ1) is 23.2. The second-order valence-electron chi connectivity index (χ2n) is 6.42. The summed E-state index contributed by atoms with van der Waals surface area (Å²) >= 11 is 0. The van der Waals surface area contributed by atoms with Crippen molar-refractivity contribution >= 4 is 30.7 Å². The minimum atomic E-state index is 0. The van der Waals surface area contributed by atoms with Crippen LogP contribution >= 0.6 is 24.8 Å². The summed E-state index contributed by atoms with van der Waals surface area (Å²) in [6.45, 7) is 6.85. The van der Waals surface area contributed by atoms with Gasteiger partial charge in [0.25, 0.3) is 0 Å². The van der Waals surface area contributed by atoms with Crippen LogP contribution in [0.3, 0.4) is 0 Å². The minimum absolute atomic E-state index is 0. The molecule has 0 saturated carbocycles. The number of rotatable bonds is 7. The molecule has 4 nitrogen and oxygen atoms in total. The van der Waals surface area contributed by atoms with Crippen molar-refractivity contribution in [3.05, 3.63) is 35.4 Å². The van der Waals surface area contributed by atoms with E-state index in [4.69, 9.17) is 5.73 Å². The monoisotopic (exact) mass is 375 g/mol. The van der Waals surface area contributed by atoms with E-state index in [0.717, 1.165) is 18.9 Å². The highest BCUT2D eigenvalue weighted by atomic mass is 35.5. The van der Waals surface area contributed by atoms with Crippen molar-refractivity contribution in [1.29, 1.82) is 0 Å². The highest BCUT2D eigenvalue weighted by Crippen LogP contribution is 2.19. The average molecular weight is 376 g/mol. The summed E-state index contributed by atoms with van der Waals surface area (Å²) in [5.74, 6) is 0.878. The Labute approximate surface area is 158 Å². The number of benzene rings is 1. The smallest absolute Gasteiger partial charge is 0.220 e. The minimum Gasteiger partial charge on any atom is -0.352 e. The lowest BCUT2D eigenvalue weighted by Crippen LogP contribution is -2.34. The standard InChI is InChI=1S/C18H29N3O.2ClH/c1-15-6-5-11-21(13-15)14-17-8-3-2-7-16(17)12-20-18(22)9-4-10-19;;/h2-3,7-8,15H,4-6,9-14,19H2,1H3,(H,20,22);2*1H. The van der Waals surface area contributed by atoms with E-state index in [9.17, 15) is 4.79 Å². The first-order valence-corrected chi connectivity index (χ1v) is 8.45. The molecule has 2 rings (SSSR count). The molecule has 1 amide bonds. The van der Waals surface area contributed by atoms with Gasteiger partial charge in [0, 0.05) is 26.1 Å². The van der Waals surface area contributed by atoms with E-state index in [0.29, 0.717) is 19.5 Å². The van der Waals surface area contributed by atoms with Gasteiger partial charge in [-0.3, -0.25) is 9.69 Å². The second-order valence-corrected chi connectivity index (χ2v) is 6.42. The van der Waals surface area contributed by atoms with Gasteiger partial charge in [-0.25, -0.2) is 0 Å². The topological polar surface area (TPSA) is 58.4 Å². The van der Waals surface area contributed by atoms with Crippen LogP contribution in [0.2, 0.25) is 0 Å². The Kier molecular flexibility index (Phi) is 12.1. The lowest BCUT2D eigenvalue weighted by atomic mass is 9.99. The van der Waals surface area contributed by atoms with Crippen molar-refractivity contribution in [2.45, 2.75) is 45.7 Å². The third-order valence-corrected chi connectivity index (χ3v) is 4.34. The number of nitrogens with zero attached hydrogens (tertiary/aromatic N) is 1. The van der Waals surface area contributed by atoms with Crippen molar-refractivity contribution in [2.75, 3.05) is 19.6 Å². The van der Waals surface area contributed by atoms with Gasteiger partial charge in [0.1, 0.15) is 0 Å². The molecule has 1 fully saturated rings. The molecule has 1 aliphatic heterocycles. The van der Waals surface area contributed by atoms with Crippen LogP contribution < -0.4 is 11.1 Å². The van der Waals surface area contributed by atoms with Gasteiger partial charge in [-0.2, -0.15) is 0 Å². The fourth-order valence-electron chi connectivity index (χ4n) is 3.10. The van der Waals surface area contributed by atoms with E-state index in [1.807, 2.05) is 6.07 Å². The fraction of sp³-hybridized carbons (Fsp3) is 0.611. The van der Waals surface area contributed by atoms with Crippen molar-refractivity contribution in [1.82, 2.24) is 10.2 Å². The van der Waals surface area contributed by atoms with Gasteiger partial charge < -0.3 is 11.1 Å². The normalized spacial score (nSPS) is 17.5. The molecular weight excluding hydrogens is 345 g/mol. The Morgan fingerprint density at radius 2 is 2.00 bits per heavy atom. The maximum Gasteiger partial charge on any atom is 0.220 e. The molecule has 1 aliphatic rings. The zero-order chi connectivity index (χ0) is 15.8. The van der Waals surface area contributed by atoms with Crippen LogP contribution in [0, 0.1) is 5.92 Å². The Morgan fingerprint density at radius 1 is 1.29 bits per heavy atom. The molecule has 0 spiro atoms. The number of piperidine rings is 1. The molecule has 1 unspecified atom stereocenters. The van der Waals surface area contributed by atoms with Gasteiger partial charge >= 0.3 is 0 Å². The summed E-state index contributed by atoms with van der Waals surface area (Å²) < 4.78 is 0. The molecule has 3 N–H and O–H groups in total. The summed E-state index contributed by atoms with van der Waals surface area (Å²) in [4.78, 5) is 14.3. The van der Waals surface area contributed by atoms with Crippen LogP contribution in [0.25, 0.3) is 0 Å². The van der Waals surface area contributed by atoms with Crippen molar-refractivity contribution in [2.24, 2.45) is 11.7 Å². The molecule has 1 aromatic rings. The number of hydrogen-bond donors (Lipinski definition) is 2. The Bertz CT molecular complexity index is 485. The number of carbonyl (C=O) groups excluding carboxylic acids is 1. The van der Waals surface area contributed by atoms with Gasteiger partial charge in [0.05, 0.1) is 0 Å². The SMILES string of the molecule is CC1CCCN(Cc2ccccc2CNC(=O)CCCN)C1.Cl.Cl. The first-order chi connectivity index (χ1) is 10.7. The summed E-state index contributed by atoms with van der Waals surface area (Å²) in [6, 6.07) is 8.43. The van der Waals surface area contributed by atoms with E-state index >= 15 is 0 Å². The molecule has 0 aromatic heterocycles. The number of likely N-dealkylation sites (tertiary alicyclic amines) is 1. The zero-order valence-electron chi connectivity index (χ0n) is 14.5. The third kappa shape index (κ3) is 7.84. The van der Waals surface area contributed by atoms with E-state index in [-0.39, 0.29) is 30.7 Å². The number of nitrogens with two attached hydrogens (primary N) is 1. The Hall–Kier alpha value is -0.810. The van der Waals surface area contributed by atoms with Crippen molar-refractivity contribution in [3.63, 3.8) is 0 Å². The summed E-state index contributed by atoms with van der Waals surface area (Å²) in [7, 11) is 0. The molecule has 0 bridgehead atoms. The molecule has 1 atom stereocenters. The Morgan fingerprint density at radius 3 is 2.67 bits per heavy atom. The van der Waals surface area contributed by atoms with Gasteiger partial charge in [0.2, 0.25) is 5.91 Å². The molecule has 6 heteroatoms. The van der Waals surface area contributed by atoms with Crippen LogP contribution in [0.1, 0.15) is 43.7 Å². The predicted octanol–water partition coefficient (Wildman–Crippen LogP) is 3.12. The van der Waals surface area contributed by atoms with Crippen molar-refractivity contribution < 1.29 is 4.79 Å². The van der Waals surface area contributed by atoms with Crippen LogP contribution in [0.4, 0.5) is 0 Å². The van der Waals surface area contributed by atoms with E-state index in [2.05, 4.69) is 35.3 Å². The van der Waals surface area contributed by atoms with E-state index in [1.165, 1.54) is 37.1 Å². The molecule has 1 saturated heterocycles. The quantitative estimate of drug-likeness (QED) is 0.769. The number of hydrogen-bond acceptors (Lipinski definition) is 3. The second kappa shape index (κ2) is 12.5. The van der Waals surface area contributed by atoms with Crippen LogP contribution in [-0.2, 0) is 17.9 Å². The lowest BCUT2D eigenvalue weighted by molar-refractivity contribution is -0.121. The molecule has 1 heterocycles. The average Bonchev–Trinajstić information content (AvgIpc) is 2.52. The summed E-state index contributed by atoms with van der Waals surface area (Å²) in [6.07, 6.45) is 3.90. The zero-order valence-corrected chi connectivity index (χ0v) is 16.1. The number of amides is 1. The summed E-state index contributed by atoms with van der Waals surface area (Å²) in [5.41, 5.74) is 7.99. The Balaban J connectivity index is 0.00000264. The molecular formula is C18H31Cl2N3O. The van der Waals surface area contributed by atoms with Crippen LogP contribution in [0.15, 0.2) is 24.3 Å². The van der Waals surface area contributed by atoms with Gasteiger partial charge in [-0.1, -0.05) is 31.2 Å². The fourth-order valence-corrected chi connectivity index (χ4v) is 3.10. The molecule has 24 heavy (non-hydrogen) atoms. The van der Waals surface area contributed by atoms with Crippen LogP contribution in [-0.4, -0.2) is 30.4 Å². The highest BCUT2D eigenvalue weighted by molar-refractivity contribution is 5.85. The highest BCUT2D eigenvalue weighted by Gasteiger charge is 2.17. The molecule has 0 aliphatic carbocycles. The molecule has 1 aromatic carbocycles. The van der Waals surface area contributed by atoms with E-state index < -0.39 is 0 Å². The number of carbonyl (C=O) groups is 1. The third-order valence-electron chi connectivity index (χ3n) is 4.34. The first-order valence-electron chi connectivity index (χ1n) is 8.45. The maximum atomic E-state index is 11.7. The summed E-state index contributed by atoms with van der Waals surface area (Å²) in [5, 5.41) is 3.01. The van der Waals surface area contributed by atoms with Gasteiger partial charge in [0.15, 0.2) is 0 Å². The van der Waals surface area contributed by atoms with Gasteiger partial charge in [-0.15, -0.1) is 24.8 Å². The maximum absolute atomic E-state index is 11.7. The number of halogens is 2. The van der Waals surface area contributed by atoms with Gasteiger partial charge in [-0.05, 0) is 49.4 Å². The predicted molar refractivity (Wildman–Crippen MR) is 105 cm³/mol. The molecule has 0 radical (unpaired) electrons.